The molecule has 1 aromatic heterocycles. The molecule has 16 heavy (non-hydrogen) atoms. The Hall–Kier alpha value is -1.20. The molecule has 0 atom stereocenters. The molecule has 1 aliphatic rings. The Balaban J connectivity index is 2.24. The van der Waals surface area contributed by atoms with Crippen LogP contribution in [-0.4, -0.2) is 17.1 Å². The van der Waals surface area contributed by atoms with Gasteiger partial charge in [-0.3, -0.25) is 0 Å². The van der Waals surface area contributed by atoms with E-state index in [0.717, 1.165) is 11.5 Å². The summed E-state index contributed by atoms with van der Waals surface area (Å²) >= 11 is 0. The van der Waals surface area contributed by atoms with Crippen molar-refractivity contribution in [3.05, 3.63) is 17.6 Å². The highest BCUT2D eigenvalue weighted by Crippen LogP contribution is 2.32. The Bertz CT molecular complexity index is 350. The van der Waals surface area contributed by atoms with Gasteiger partial charge in [-0.1, -0.05) is 12.8 Å². The second kappa shape index (κ2) is 5.23. The summed E-state index contributed by atoms with van der Waals surface area (Å²) in [6, 6.07) is 1.82. The maximum absolute atomic E-state index is 5.40. The van der Waals surface area contributed by atoms with Gasteiger partial charge in [-0.15, -0.1) is 0 Å². The van der Waals surface area contributed by atoms with Gasteiger partial charge in [-0.2, -0.15) is 0 Å². The minimum absolute atomic E-state index is 0.490. The molecule has 5 heteroatoms. The highest BCUT2D eigenvalue weighted by Gasteiger charge is 2.20. The van der Waals surface area contributed by atoms with Crippen LogP contribution in [0.15, 0.2) is 6.07 Å². The van der Waals surface area contributed by atoms with Gasteiger partial charge in [-0.25, -0.2) is 15.8 Å². The summed E-state index contributed by atoms with van der Waals surface area (Å²) in [6.07, 6.45) is 4.91. The summed E-state index contributed by atoms with van der Waals surface area (Å²) in [5, 5.41) is 0. The van der Waals surface area contributed by atoms with E-state index >= 15 is 0 Å². The molecule has 88 valence electrons. The van der Waals surface area contributed by atoms with Gasteiger partial charge in [0.2, 0.25) is 0 Å². The highest BCUT2D eigenvalue weighted by atomic mass is 16.5. The Morgan fingerprint density at radius 1 is 1.44 bits per heavy atom. The number of nitrogens with one attached hydrogen (secondary N) is 1. The third-order valence-electron chi connectivity index (χ3n) is 2.96. The number of methoxy groups -OCH3 is 1. The number of nitrogen functional groups attached to an aromatic ring is 1. The van der Waals surface area contributed by atoms with Crippen LogP contribution in [0.3, 0.4) is 0 Å². The van der Waals surface area contributed by atoms with E-state index in [1.54, 1.807) is 7.11 Å². The summed E-state index contributed by atoms with van der Waals surface area (Å²) in [5.41, 5.74) is 3.46. The van der Waals surface area contributed by atoms with Crippen LogP contribution in [0.4, 0.5) is 5.82 Å². The van der Waals surface area contributed by atoms with Crippen LogP contribution in [-0.2, 0) is 11.3 Å². The van der Waals surface area contributed by atoms with E-state index < -0.39 is 0 Å². The van der Waals surface area contributed by atoms with Crippen molar-refractivity contribution in [2.24, 2.45) is 5.84 Å². The van der Waals surface area contributed by atoms with Crippen molar-refractivity contribution in [3.8, 4) is 0 Å². The minimum atomic E-state index is 0.490. The molecule has 0 radical (unpaired) electrons. The Morgan fingerprint density at radius 2 is 2.19 bits per heavy atom. The van der Waals surface area contributed by atoms with Crippen LogP contribution in [0.5, 0.6) is 0 Å². The maximum Gasteiger partial charge on any atom is 0.144 e. The molecule has 2 rings (SSSR count). The van der Waals surface area contributed by atoms with Crippen molar-refractivity contribution in [2.75, 3.05) is 12.5 Å². The van der Waals surface area contributed by atoms with Crippen LogP contribution in [0.25, 0.3) is 0 Å². The van der Waals surface area contributed by atoms with E-state index in [4.69, 9.17) is 10.6 Å². The zero-order valence-corrected chi connectivity index (χ0v) is 9.57. The Morgan fingerprint density at radius 3 is 2.81 bits per heavy atom. The lowest BCUT2D eigenvalue weighted by Gasteiger charge is -2.11. The topological polar surface area (TPSA) is 73.1 Å². The zero-order valence-electron chi connectivity index (χ0n) is 9.57. The number of nitrogens with two attached hydrogens (primary N) is 1. The summed E-state index contributed by atoms with van der Waals surface area (Å²) in [6.45, 7) is 0.497. The lowest BCUT2D eigenvalue weighted by atomic mass is 10.1. The first-order valence-corrected chi connectivity index (χ1v) is 5.67. The molecule has 0 unspecified atom stereocenters. The molecule has 0 bridgehead atoms. The van der Waals surface area contributed by atoms with Gasteiger partial charge in [-0.05, 0) is 12.8 Å². The molecular formula is C11H18N4O. The molecule has 5 nitrogen and oxygen atoms in total. The van der Waals surface area contributed by atoms with E-state index in [2.05, 4.69) is 15.4 Å². The molecule has 0 spiro atoms. The summed E-state index contributed by atoms with van der Waals surface area (Å²) in [4.78, 5) is 8.93. The van der Waals surface area contributed by atoms with Crippen molar-refractivity contribution in [2.45, 2.75) is 38.2 Å². The normalized spacial score (nSPS) is 16.6. The fourth-order valence-corrected chi connectivity index (χ4v) is 2.18. The first kappa shape index (κ1) is 11.3. The monoisotopic (exact) mass is 222 g/mol. The fraction of sp³-hybridized carbons (Fsp3) is 0.636. The first-order chi connectivity index (χ1) is 7.83. The third-order valence-corrected chi connectivity index (χ3v) is 2.96. The number of rotatable bonds is 4. The van der Waals surface area contributed by atoms with Crippen LogP contribution in [0, 0.1) is 0 Å². The lowest BCUT2D eigenvalue weighted by molar-refractivity contribution is 0.181. The van der Waals surface area contributed by atoms with E-state index in [9.17, 15) is 0 Å². The average Bonchev–Trinajstić information content (AvgIpc) is 2.82. The van der Waals surface area contributed by atoms with Gasteiger partial charge in [0.1, 0.15) is 11.6 Å². The van der Waals surface area contributed by atoms with Gasteiger partial charge >= 0.3 is 0 Å². The molecule has 1 aromatic rings. The van der Waals surface area contributed by atoms with Crippen molar-refractivity contribution >= 4 is 5.82 Å². The largest absolute Gasteiger partial charge is 0.378 e. The molecule has 3 N–H and O–H groups in total. The quantitative estimate of drug-likeness (QED) is 0.597. The summed E-state index contributed by atoms with van der Waals surface area (Å²) in [7, 11) is 1.66. The molecule has 1 fully saturated rings. The molecule has 0 amide bonds. The number of anilines is 1. The SMILES string of the molecule is COCc1cc(NN)nc(C2CCCC2)n1. The second-order valence-corrected chi connectivity index (χ2v) is 4.16. The van der Waals surface area contributed by atoms with Crippen molar-refractivity contribution in [1.82, 2.24) is 9.97 Å². The van der Waals surface area contributed by atoms with Gasteiger partial charge in [0.05, 0.1) is 12.3 Å². The van der Waals surface area contributed by atoms with Crippen LogP contribution in [0.1, 0.15) is 43.1 Å². The minimum Gasteiger partial charge on any atom is -0.378 e. The van der Waals surface area contributed by atoms with E-state index in [0.29, 0.717) is 18.3 Å². The smallest absolute Gasteiger partial charge is 0.144 e. The number of hydrogen-bond acceptors (Lipinski definition) is 5. The Kier molecular flexibility index (Phi) is 3.69. The summed E-state index contributed by atoms with van der Waals surface area (Å²) < 4.78 is 5.09. The Labute approximate surface area is 95.4 Å². The maximum atomic E-state index is 5.40. The zero-order chi connectivity index (χ0) is 11.4. The molecule has 1 aliphatic carbocycles. The number of hydrazine groups is 1. The highest BCUT2D eigenvalue weighted by molar-refractivity contribution is 5.34. The molecule has 0 aliphatic heterocycles. The van der Waals surface area contributed by atoms with E-state index in [1.807, 2.05) is 6.07 Å². The fourth-order valence-electron chi connectivity index (χ4n) is 2.18. The van der Waals surface area contributed by atoms with Crippen LogP contribution in [0.2, 0.25) is 0 Å². The van der Waals surface area contributed by atoms with Gasteiger partial charge in [0.25, 0.3) is 0 Å². The number of ether oxygens (including phenoxy) is 1. The molecular weight excluding hydrogens is 204 g/mol. The van der Waals surface area contributed by atoms with Gasteiger partial charge in [0.15, 0.2) is 0 Å². The van der Waals surface area contributed by atoms with Crippen LogP contribution < -0.4 is 11.3 Å². The molecule has 1 saturated carbocycles. The second-order valence-electron chi connectivity index (χ2n) is 4.16. The number of nitrogens with zero attached hydrogens (tertiary/aromatic N) is 2. The van der Waals surface area contributed by atoms with Crippen LogP contribution >= 0.6 is 0 Å². The predicted molar refractivity (Wildman–Crippen MR) is 61.8 cm³/mol. The van der Waals surface area contributed by atoms with Gasteiger partial charge in [0, 0.05) is 19.1 Å². The number of hydrogen-bond donors (Lipinski definition) is 2. The average molecular weight is 222 g/mol. The molecule has 1 heterocycles. The van der Waals surface area contributed by atoms with Crippen molar-refractivity contribution < 1.29 is 4.74 Å². The lowest BCUT2D eigenvalue weighted by Crippen LogP contribution is -2.13. The third kappa shape index (κ3) is 2.48. The van der Waals surface area contributed by atoms with Gasteiger partial charge < -0.3 is 10.2 Å². The predicted octanol–water partition coefficient (Wildman–Crippen LogP) is 1.57. The molecule has 0 saturated heterocycles. The van der Waals surface area contributed by atoms with E-state index in [1.165, 1.54) is 25.7 Å². The first-order valence-electron chi connectivity index (χ1n) is 5.67. The van der Waals surface area contributed by atoms with Crippen molar-refractivity contribution in [1.29, 1.82) is 0 Å². The van der Waals surface area contributed by atoms with E-state index in [-0.39, 0.29) is 0 Å². The number of aromatic nitrogens is 2. The molecule has 0 aromatic carbocycles. The van der Waals surface area contributed by atoms with Crippen molar-refractivity contribution in [3.63, 3.8) is 0 Å². The standard InChI is InChI=1S/C11H18N4O/c1-16-7-9-6-10(15-12)14-11(13-9)8-4-2-3-5-8/h6,8H,2-5,7,12H2,1H3,(H,13,14,15). The summed E-state index contributed by atoms with van der Waals surface area (Å²) in [5.74, 6) is 7.46.